The molecule has 5 heteroatoms. The summed E-state index contributed by atoms with van der Waals surface area (Å²) in [5.74, 6) is -0.175. The van der Waals surface area contributed by atoms with Crippen molar-refractivity contribution in [3.8, 4) is 0 Å². The number of hydrogen-bond donors (Lipinski definition) is 0. The van der Waals surface area contributed by atoms with Crippen molar-refractivity contribution in [2.75, 3.05) is 18.0 Å². The lowest BCUT2D eigenvalue weighted by molar-refractivity contribution is -0.120. The molecule has 0 bridgehead atoms. The Morgan fingerprint density at radius 3 is 2.21 bits per heavy atom. The number of hydrogen-bond acceptors (Lipinski definition) is 3. The molecule has 0 radical (unpaired) electrons. The van der Waals surface area contributed by atoms with Gasteiger partial charge in [-0.15, -0.1) is 0 Å². The topological polar surface area (TPSA) is 40.6 Å². The highest BCUT2D eigenvalue weighted by Gasteiger charge is 2.43. The van der Waals surface area contributed by atoms with Gasteiger partial charge < -0.3 is 4.90 Å². The van der Waals surface area contributed by atoms with Crippen LogP contribution in [0.2, 0.25) is 0 Å². The van der Waals surface area contributed by atoms with Crippen LogP contribution >= 0.6 is 0 Å². The van der Waals surface area contributed by atoms with Gasteiger partial charge >= 0.3 is 0 Å². The van der Waals surface area contributed by atoms with Crippen molar-refractivity contribution in [3.63, 3.8) is 0 Å². The maximum absolute atomic E-state index is 13.5. The third-order valence-corrected chi connectivity index (χ3v) is 5.64. The molecule has 2 unspecified atom stereocenters. The van der Waals surface area contributed by atoms with Crippen LogP contribution < -0.4 is 4.90 Å². The highest BCUT2D eigenvalue weighted by molar-refractivity contribution is 6.45. The van der Waals surface area contributed by atoms with Crippen LogP contribution in [-0.2, 0) is 9.59 Å². The predicted molar refractivity (Wildman–Crippen MR) is 112 cm³/mol. The van der Waals surface area contributed by atoms with Crippen molar-refractivity contribution in [1.29, 1.82) is 0 Å². The van der Waals surface area contributed by atoms with Crippen LogP contribution in [0.3, 0.4) is 0 Å². The van der Waals surface area contributed by atoms with E-state index in [-0.39, 0.29) is 17.6 Å². The molecule has 2 heterocycles. The molecule has 4 nitrogen and oxygen atoms in total. The minimum absolute atomic E-state index is 0.304. The Balaban J connectivity index is 1.84. The van der Waals surface area contributed by atoms with Gasteiger partial charge in [0, 0.05) is 13.1 Å². The summed E-state index contributed by atoms with van der Waals surface area (Å²) in [5, 5.41) is 0. The molecule has 2 aromatic rings. The molecular formula is C24H25FN2O2. The molecule has 0 spiro atoms. The maximum Gasteiger partial charge on any atom is 0.282 e. The first kappa shape index (κ1) is 19.4. The van der Waals surface area contributed by atoms with Crippen molar-refractivity contribution in [3.05, 3.63) is 71.2 Å². The van der Waals surface area contributed by atoms with Crippen LogP contribution in [0.1, 0.15) is 31.4 Å². The van der Waals surface area contributed by atoms with Gasteiger partial charge in [-0.1, -0.05) is 38.1 Å². The summed E-state index contributed by atoms with van der Waals surface area (Å²) >= 11 is 0. The van der Waals surface area contributed by atoms with E-state index in [1.165, 1.54) is 17.0 Å². The number of benzene rings is 2. The van der Waals surface area contributed by atoms with Crippen molar-refractivity contribution in [2.45, 2.75) is 27.2 Å². The second-order valence-corrected chi connectivity index (χ2v) is 8.37. The van der Waals surface area contributed by atoms with Gasteiger partial charge in [-0.3, -0.25) is 9.59 Å². The molecule has 2 aromatic carbocycles. The average Bonchev–Trinajstić information content (AvgIpc) is 2.92. The fourth-order valence-corrected chi connectivity index (χ4v) is 4.54. The Labute approximate surface area is 170 Å². The van der Waals surface area contributed by atoms with Crippen LogP contribution in [-0.4, -0.2) is 29.8 Å². The molecule has 150 valence electrons. The minimum atomic E-state index is -0.372. The number of rotatable bonds is 3. The van der Waals surface area contributed by atoms with E-state index in [0.29, 0.717) is 34.4 Å². The van der Waals surface area contributed by atoms with E-state index in [0.717, 1.165) is 25.1 Å². The number of likely N-dealkylation sites (tertiary alicyclic amines) is 1. The number of halogens is 1. The lowest BCUT2D eigenvalue weighted by atomic mass is 9.91. The quantitative estimate of drug-likeness (QED) is 0.727. The van der Waals surface area contributed by atoms with Crippen LogP contribution in [0.15, 0.2) is 54.2 Å². The van der Waals surface area contributed by atoms with Gasteiger partial charge in [0.2, 0.25) is 0 Å². The highest BCUT2D eigenvalue weighted by atomic mass is 19.1. The van der Waals surface area contributed by atoms with Crippen molar-refractivity contribution in [1.82, 2.24) is 4.90 Å². The van der Waals surface area contributed by atoms with Gasteiger partial charge in [0.25, 0.3) is 11.8 Å². The molecule has 0 saturated carbocycles. The Hall–Kier alpha value is -2.95. The third kappa shape index (κ3) is 3.57. The first-order valence-corrected chi connectivity index (χ1v) is 10.1. The number of aryl methyl sites for hydroxylation is 1. The zero-order chi connectivity index (χ0) is 20.7. The summed E-state index contributed by atoms with van der Waals surface area (Å²) in [6.07, 6.45) is 1.10. The first-order valence-electron chi connectivity index (χ1n) is 10.1. The van der Waals surface area contributed by atoms with Crippen molar-refractivity contribution in [2.24, 2.45) is 11.8 Å². The Bertz CT molecular complexity index is 986. The van der Waals surface area contributed by atoms with Crippen LogP contribution in [0, 0.1) is 24.6 Å². The zero-order valence-corrected chi connectivity index (χ0v) is 17.0. The third-order valence-electron chi connectivity index (χ3n) is 5.64. The van der Waals surface area contributed by atoms with Gasteiger partial charge in [0.1, 0.15) is 11.5 Å². The van der Waals surface area contributed by atoms with Crippen molar-refractivity contribution >= 4 is 23.1 Å². The van der Waals surface area contributed by atoms with Crippen LogP contribution in [0.4, 0.5) is 10.1 Å². The number of amides is 2. The summed E-state index contributed by atoms with van der Waals surface area (Å²) in [4.78, 5) is 30.3. The zero-order valence-electron chi connectivity index (χ0n) is 17.0. The van der Waals surface area contributed by atoms with E-state index in [9.17, 15) is 14.0 Å². The average molecular weight is 392 g/mol. The van der Waals surface area contributed by atoms with Crippen molar-refractivity contribution < 1.29 is 14.0 Å². The van der Waals surface area contributed by atoms with E-state index in [1.54, 1.807) is 18.2 Å². The molecule has 0 aliphatic carbocycles. The number of carbonyl (C=O) groups excluding carboxylic acids is 2. The predicted octanol–water partition coefficient (Wildman–Crippen LogP) is 4.40. The summed E-state index contributed by atoms with van der Waals surface area (Å²) in [7, 11) is 0. The van der Waals surface area contributed by atoms with E-state index < -0.39 is 0 Å². The molecule has 4 rings (SSSR count). The standard InChI is InChI=1S/C24H25FN2O2/c1-15-5-4-6-20(12-15)27-23(28)21(18-7-9-19(25)10-8-18)22(24(27)29)26-13-16(2)11-17(3)14-26/h4-10,12,16-17H,11,13-14H2,1-3H3. The molecule has 1 saturated heterocycles. The molecule has 2 amide bonds. The Morgan fingerprint density at radius 2 is 1.59 bits per heavy atom. The molecular weight excluding hydrogens is 367 g/mol. The van der Waals surface area contributed by atoms with E-state index in [4.69, 9.17) is 0 Å². The highest BCUT2D eigenvalue weighted by Crippen LogP contribution is 2.37. The molecule has 2 aliphatic rings. The number of piperidine rings is 1. The minimum Gasteiger partial charge on any atom is -0.366 e. The molecule has 0 N–H and O–H groups in total. The summed E-state index contributed by atoms with van der Waals surface area (Å²) in [5.41, 5.74) is 2.90. The normalized spacial score (nSPS) is 22.6. The van der Waals surface area contributed by atoms with Gasteiger partial charge in [0.15, 0.2) is 0 Å². The second kappa shape index (κ2) is 7.47. The van der Waals surface area contributed by atoms with E-state index in [1.807, 2.05) is 30.0 Å². The summed E-state index contributed by atoms with van der Waals surface area (Å²) < 4.78 is 13.5. The molecule has 1 fully saturated rings. The summed E-state index contributed by atoms with van der Waals surface area (Å²) in [6, 6.07) is 13.2. The lowest BCUT2D eigenvalue weighted by Gasteiger charge is -2.37. The largest absolute Gasteiger partial charge is 0.366 e. The lowest BCUT2D eigenvalue weighted by Crippen LogP contribution is -2.42. The van der Waals surface area contributed by atoms with E-state index in [2.05, 4.69) is 13.8 Å². The second-order valence-electron chi connectivity index (χ2n) is 8.37. The molecule has 2 atom stereocenters. The van der Waals surface area contributed by atoms with Gasteiger partial charge in [-0.2, -0.15) is 0 Å². The molecule has 29 heavy (non-hydrogen) atoms. The number of anilines is 1. The number of carbonyl (C=O) groups is 2. The smallest absolute Gasteiger partial charge is 0.282 e. The maximum atomic E-state index is 13.5. The van der Waals surface area contributed by atoms with Gasteiger partial charge in [0.05, 0.1) is 11.3 Å². The van der Waals surface area contributed by atoms with E-state index >= 15 is 0 Å². The summed E-state index contributed by atoms with van der Waals surface area (Å²) in [6.45, 7) is 7.72. The Morgan fingerprint density at radius 1 is 0.931 bits per heavy atom. The monoisotopic (exact) mass is 392 g/mol. The van der Waals surface area contributed by atoms with Crippen LogP contribution in [0.25, 0.3) is 5.57 Å². The van der Waals surface area contributed by atoms with Gasteiger partial charge in [-0.05, 0) is 60.6 Å². The number of imide groups is 1. The first-order chi connectivity index (χ1) is 13.8. The SMILES string of the molecule is Cc1cccc(N2C(=O)C(c3ccc(F)cc3)=C(N3CC(C)CC(C)C3)C2=O)c1. The fourth-order valence-electron chi connectivity index (χ4n) is 4.54. The van der Waals surface area contributed by atoms with Crippen LogP contribution in [0.5, 0.6) is 0 Å². The van der Waals surface area contributed by atoms with Gasteiger partial charge in [-0.25, -0.2) is 9.29 Å². The number of nitrogens with zero attached hydrogens (tertiary/aromatic N) is 2. The molecule has 2 aliphatic heterocycles. The Kier molecular flexibility index (Phi) is 4.99. The molecule has 0 aromatic heterocycles. The fraction of sp³-hybridized carbons (Fsp3) is 0.333.